The SMILES string of the molecule is CC(C)(C)OC(=O)N1CCCC1(C)c1cc(NCc2ccc(Cl)s2)n(C(=O)C2(C)CCOCC2)n1. The third-order valence-corrected chi connectivity index (χ3v) is 8.12. The average molecular weight is 523 g/mol. The van der Waals surface area contributed by atoms with Crippen molar-refractivity contribution in [1.29, 1.82) is 0 Å². The van der Waals surface area contributed by atoms with Crippen LogP contribution in [0.25, 0.3) is 0 Å². The number of likely N-dealkylation sites (tertiary alicyclic amines) is 1. The molecule has 0 spiro atoms. The van der Waals surface area contributed by atoms with E-state index >= 15 is 0 Å². The van der Waals surface area contributed by atoms with E-state index in [4.69, 9.17) is 26.2 Å². The Morgan fingerprint density at radius 1 is 1.23 bits per heavy atom. The molecule has 0 aromatic carbocycles. The number of nitrogens with zero attached hydrogens (tertiary/aromatic N) is 3. The van der Waals surface area contributed by atoms with Crippen molar-refractivity contribution >= 4 is 40.8 Å². The highest BCUT2D eigenvalue weighted by atomic mass is 35.5. The molecule has 0 bridgehead atoms. The first-order valence-electron chi connectivity index (χ1n) is 12.1. The van der Waals surface area contributed by atoms with E-state index in [1.807, 2.05) is 52.8 Å². The Bertz CT molecular complexity index is 1090. The Kier molecular flexibility index (Phi) is 7.23. The van der Waals surface area contributed by atoms with Crippen molar-refractivity contribution < 1.29 is 19.1 Å². The normalized spacial score (nSPS) is 22.3. The summed E-state index contributed by atoms with van der Waals surface area (Å²) in [6.45, 7) is 11.8. The molecule has 192 valence electrons. The zero-order valence-electron chi connectivity index (χ0n) is 21.1. The standard InChI is InChI=1S/C25H35ClN4O4S/c1-23(2,3)34-22(32)29-12-6-9-25(29,5)18-15-20(27-16-17-7-8-19(26)35-17)30(28-18)21(31)24(4)10-13-33-14-11-24/h7-8,15,27H,6,9-14,16H2,1-5H3. The smallest absolute Gasteiger partial charge is 0.411 e. The minimum Gasteiger partial charge on any atom is -0.444 e. The van der Waals surface area contributed by atoms with Crippen molar-refractivity contribution in [3.05, 3.63) is 33.1 Å². The Balaban J connectivity index is 1.67. The monoisotopic (exact) mass is 522 g/mol. The average Bonchev–Trinajstić information content (AvgIpc) is 3.49. The van der Waals surface area contributed by atoms with Gasteiger partial charge in [0.15, 0.2) is 0 Å². The molecule has 2 aromatic rings. The van der Waals surface area contributed by atoms with Gasteiger partial charge in [0.2, 0.25) is 0 Å². The number of amides is 1. The number of carbonyl (C=O) groups excluding carboxylic acids is 2. The quantitative estimate of drug-likeness (QED) is 0.525. The molecule has 2 aliphatic heterocycles. The molecule has 4 rings (SSSR count). The van der Waals surface area contributed by atoms with Gasteiger partial charge in [-0.3, -0.25) is 9.69 Å². The number of hydrogen-bond acceptors (Lipinski definition) is 7. The van der Waals surface area contributed by atoms with Crippen molar-refractivity contribution in [2.75, 3.05) is 25.1 Å². The van der Waals surface area contributed by atoms with E-state index in [2.05, 4.69) is 5.32 Å². The lowest BCUT2D eigenvalue weighted by Crippen LogP contribution is -2.46. The summed E-state index contributed by atoms with van der Waals surface area (Å²) in [6.07, 6.45) is 2.49. The van der Waals surface area contributed by atoms with E-state index in [1.165, 1.54) is 16.0 Å². The fourth-order valence-electron chi connectivity index (χ4n) is 4.68. The predicted molar refractivity (Wildman–Crippen MR) is 137 cm³/mol. The summed E-state index contributed by atoms with van der Waals surface area (Å²) in [4.78, 5) is 29.6. The predicted octanol–water partition coefficient (Wildman–Crippen LogP) is 5.91. The summed E-state index contributed by atoms with van der Waals surface area (Å²) in [5.41, 5.74) is -1.15. The second-order valence-electron chi connectivity index (χ2n) is 10.9. The molecule has 0 aliphatic carbocycles. The third-order valence-electron chi connectivity index (χ3n) is 6.89. The van der Waals surface area contributed by atoms with E-state index < -0.39 is 16.6 Å². The molecule has 8 nitrogen and oxygen atoms in total. The van der Waals surface area contributed by atoms with Crippen molar-refractivity contribution in [1.82, 2.24) is 14.7 Å². The molecule has 4 heterocycles. The van der Waals surface area contributed by atoms with Gasteiger partial charge >= 0.3 is 6.09 Å². The molecule has 0 radical (unpaired) electrons. The Hall–Kier alpha value is -2.10. The fourth-order valence-corrected chi connectivity index (χ4v) is 5.71. The summed E-state index contributed by atoms with van der Waals surface area (Å²) in [6, 6.07) is 5.72. The van der Waals surface area contributed by atoms with Crippen molar-refractivity contribution in [2.45, 2.75) is 78.0 Å². The first-order valence-corrected chi connectivity index (χ1v) is 13.3. The van der Waals surface area contributed by atoms with Crippen LogP contribution in [0.1, 0.15) is 75.7 Å². The first kappa shape index (κ1) is 26.0. The Morgan fingerprint density at radius 3 is 2.57 bits per heavy atom. The zero-order valence-corrected chi connectivity index (χ0v) is 22.7. The highest BCUT2D eigenvalue weighted by molar-refractivity contribution is 7.16. The molecule has 2 aromatic heterocycles. The third kappa shape index (κ3) is 5.52. The van der Waals surface area contributed by atoms with Crippen LogP contribution in [0.3, 0.4) is 0 Å². The summed E-state index contributed by atoms with van der Waals surface area (Å²) in [5, 5.41) is 8.21. The first-order chi connectivity index (χ1) is 16.4. The molecule has 1 atom stereocenters. The van der Waals surface area contributed by atoms with Crippen LogP contribution in [0.4, 0.5) is 10.6 Å². The highest BCUT2D eigenvalue weighted by Gasteiger charge is 2.46. The molecule has 1 N–H and O–H groups in total. The molecule has 2 saturated heterocycles. The van der Waals surface area contributed by atoms with Gasteiger partial charge in [0.05, 0.1) is 27.5 Å². The number of anilines is 1. The van der Waals surface area contributed by atoms with Crippen LogP contribution in [0.15, 0.2) is 18.2 Å². The number of carbonyl (C=O) groups is 2. The van der Waals surface area contributed by atoms with Gasteiger partial charge in [-0.05, 0) is 65.5 Å². The van der Waals surface area contributed by atoms with Gasteiger partial charge in [0.25, 0.3) is 5.91 Å². The number of aromatic nitrogens is 2. The second kappa shape index (κ2) is 9.75. The summed E-state index contributed by atoms with van der Waals surface area (Å²) < 4.78 is 13.4. The molecule has 10 heteroatoms. The molecule has 0 saturated carbocycles. The van der Waals surface area contributed by atoms with Gasteiger partial charge in [0, 0.05) is 30.7 Å². The second-order valence-corrected chi connectivity index (χ2v) is 12.7. The fraction of sp³-hybridized carbons (Fsp3) is 0.640. The number of thiophene rings is 1. The van der Waals surface area contributed by atoms with E-state index in [9.17, 15) is 9.59 Å². The van der Waals surface area contributed by atoms with Crippen LogP contribution in [0, 0.1) is 5.41 Å². The van der Waals surface area contributed by atoms with Gasteiger partial charge in [-0.1, -0.05) is 18.5 Å². The summed E-state index contributed by atoms with van der Waals surface area (Å²) in [7, 11) is 0. The summed E-state index contributed by atoms with van der Waals surface area (Å²) >= 11 is 7.59. The number of ether oxygens (including phenoxy) is 2. The Labute approximate surface area is 215 Å². The number of hydrogen-bond donors (Lipinski definition) is 1. The van der Waals surface area contributed by atoms with E-state index in [-0.39, 0.29) is 12.0 Å². The highest BCUT2D eigenvalue weighted by Crippen LogP contribution is 2.41. The Morgan fingerprint density at radius 2 is 1.94 bits per heavy atom. The lowest BCUT2D eigenvalue weighted by Gasteiger charge is -2.35. The van der Waals surface area contributed by atoms with Crippen molar-refractivity contribution in [2.24, 2.45) is 5.41 Å². The summed E-state index contributed by atoms with van der Waals surface area (Å²) in [5.74, 6) is 0.545. The molecule has 1 unspecified atom stereocenters. The number of halogens is 1. The molecule has 1 amide bonds. The van der Waals surface area contributed by atoms with Gasteiger partial charge in [0.1, 0.15) is 11.4 Å². The van der Waals surface area contributed by atoms with Gasteiger partial charge in [-0.25, -0.2) is 4.79 Å². The van der Waals surface area contributed by atoms with Crippen LogP contribution >= 0.6 is 22.9 Å². The maximum absolute atomic E-state index is 13.8. The van der Waals surface area contributed by atoms with Crippen LogP contribution in [0.2, 0.25) is 4.34 Å². The maximum atomic E-state index is 13.8. The molecule has 35 heavy (non-hydrogen) atoms. The van der Waals surface area contributed by atoms with Crippen LogP contribution < -0.4 is 5.32 Å². The molecule has 2 aliphatic rings. The van der Waals surface area contributed by atoms with E-state index in [0.29, 0.717) is 55.0 Å². The molecular formula is C25H35ClN4O4S. The van der Waals surface area contributed by atoms with Crippen LogP contribution in [-0.4, -0.2) is 52.0 Å². The lowest BCUT2D eigenvalue weighted by atomic mass is 9.81. The number of nitrogens with one attached hydrogen (secondary N) is 1. The zero-order chi connectivity index (χ0) is 25.4. The van der Waals surface area contributed by atoms with Crippen molar-refractivity contribution in [3.8, 4) is 0 Å². The number of rotatable bonds is 5. The minimum atomic E-state index is -0.673. The van der Waals surface area contributed by atoms with Crippen LogP contribution in [-0.2, 0) is 21.6 Å². The van der Waals surface area contributed by atoms with Gasteiger partial charge in [-0.15, -0.1) is 11.3 Å². The van der Waals surface area contributed by atoms with Crippen molar-refractivity contribution in [3.63, 3.8) is 0 Å². The molecular weight excluding hydrogens is 488 g/mol. The van der Waals surface area contributed by atoms with Gasteiger partial charge in [-0.2, -0.15) is 9.78 Å². The van der Waals surface area contributed by atoms with E-state index in [1.54, 1.807) is 4.90 Å². The van der Waals surface area contributed by atoms with E-state index in [0.717, 1.165) is 17.7 Å². The van der Waals surface area contributed by atoms with Gasteiger partial charge < -0.3 is 14.8 Å². The maximum Gasteiger partial charge on any atom is 0.411 e. The lowest BCUT2D eigenvalue weighted by molar-refractivity contribution is 0.00890. The molecule has 2 fully saturated rings. The minimum absolute atomic E-state index is 0.0656. The van der Waals surface area contributed by atoms with Crippen LogP contribution in [0.5, 0.6) is 0 Å². The largest absolute Gasteiger partial charge is 0.444 e. The topological polar surface area (TPSA) is 85.7 Å².